The molecule has 2 aliphatic heterocycles. The summed E-state index contributed by atoms with van der Waals surface area (Å²) in [4.78, 5) is 2.50. The quantitative estimate of drug-likeness (QED) is 0.180. The summed E-state index contributed by atoms with van der Waals surface area (Å²) >= 11 is 0.642. The van der Waals surface area contributed by atoms with Gasteiger partial charge in [-0.05, 0) is 0 Å². The van der Waals surface area contributed by atoms with Crippen molar-refractivity contribution in [3.05, 3.63) is 0 Å². The fourth-order valence-electron chi connectivity index (χ4n) is 1.05. The van der Waals surface area contributed by atoms with Crippen molar-refractivity contribution in [3.63, 3.8) is 0 Å². The molecule has 0 aromatic heterocycles. The van der Waals surface area contributed by atoms with Crippen molar-refractivity contribution in [1.29, 1.82) is 0 Å². The van der Waals surface area contributed by atoms with Crippen LogP contribution in [0, 0.1) is 0 Å². The molecule has 2 heteroatoms. The monoisotopic (exact) mass is 210 g/mol. The Labute approximate surface area is 54.3 Å². The van der Waals surface area contributed by atoms with E-state index >= 15 is 0 Å². The SMILES string of the molecule is CN1CC12CC[I-]2. The van der Waals surface area contributed by atoms with Crippen LogP contribution in [0.15, 0.2) is 0 Å². The molecule has 2 fully saturated rings. The molecule has 2 unspecified atom stereocenters. The Morgan fingerprint density at radius 1 is 1.71 bits per heavy atom. The van der Waals surface area contributed by atoms with Gasteiger partial charge in [-0.1, -0.05) is 0 Å². The average molecular weight is 210 g/mol. The third kappa shape index (κ3) is 0.470. The molecule has 0 saturated carbocycles. The maximum absolute atomic E-state index is 2.50. The topological polar surface area (TPSA) is 3.01 Å². The minimum absolute atomic E-state index is 0.642. The van der Waals surface area contributed by atoms with Crippen molar-refractivity contribution >= 4 is 0 Å². The van der Waals surface area contributed by atoms with E-state index in [1.54, 1.807) is 4.43 Å². The van der Waals surface area contributed by atoms with Crippen LogP contribution in [-0.2, 0) is 0 Å². The summed E-state index contributed by atoms with van der Waals surface area (Å²) in [7, 11) is 2.25. The Kier molecular flexibility index (Phi) is 0.752. The van der Waals surface area contributed by atoms with Crippen LogP contribution in [0.2, 0.25) is 0 Å². The van der Waals surface area contributed by atoms with Gasteiger partial charge in [0, 0.05) is 0 Å². The first kappa shape index (κ1) is 4.56. The second kappa shape index (κ2) is 1.16. The van der Waals surface area contributed by atoms with E-state index in [-0.39, 0.29) is 0 Å². The van der Waals surface area contributed by atoms with Gasteiger partial charge in [-0.15, -0.1) is 0 Å². The van der Waals surface area contributed by atoms with Gasteiger partial charge in [0.05, 0.1) is 0 Å². The fraction of sp³-hybridized carbons (Fsp3) is 1.00. The zero-order chi connectivity index (χ0) is 4.91. The zero-order valence-electron chi connectivity index (χ0n) is 4.45. The first-order valence-electron chi connectivity index (χ1n) is 2.65. The predicted octanol–water partition coefficient (Wildman–Crippen LogP) is -2.88. The van der Waals surface area contributed by atoms with Gasteiger partial charge < -0.3 is 0 Å². The molecule has 1 spiro atoms. The van der Waals surface area contributed by atoms with E-state index < -0.39 is 0 Å². The van der Waals surface area contributed by atoms with Gasteiger partial charge in [0.25, 0.3) is 0 Å². The second-order valence-electron chi connectivity index (χ2n) is 2.35. The molecule has 0 radical (unpaired) electrons. The Morgan fingerprint density at radius 3 is 2.29 bits per heavy atom. The molecular weight excluding hydrogens is 201 g/mol. The fourth-order valence-corrected chi connectivity index (χ4v) is 4.17. The molecule has 42 valence electrons. The molecular formula is C5H9IN-. The Morgan fingerprint density at radius 2 is 2.29 bits per heavy atom. The van der Waals surface area contributed by atoms with Crippen molar-refractivity contribution in [1.82, 2.24) is 4.90 Å². The molecule has 1 nitrogen and oxygen atoms in total. The number of hydrogen-bond donors (Lipinski definition) is 0. The van der Waals surface area contributed by atoms with E-state index in [1.165, 1.54) is 13.0 Å². The maximum atomic E-state index is 2.50. The summed E-state index contributed by atoms with van der Waals surface area (Å²) in [6, 6.07) is 0. The van der Waals surface area contributed by atoms with Gasteiger partial charge in [0.1, 0.15) is 0 Å². The van der Waals surface area contributed by atoms with Crippen molar-refractivity contribution < 1.29 is 21.2 Å². The molecule has 2 saturated heterocycles. The van der Waals surface area contributed by atoms with E-state index in [1.807, 2.05) is 0 Å². The second-order valence-corrected chi connectivity index (χ2v) is 6.20. The van der Waals surface area contributed by atoms with Gasteiger partial charge in [0.15, 0.2) is 0 Å². The van der Waals surface area contributed by atoms with Gasteiger partial charge in [0.2, 0.25) is 0 Å². The molecule has 2 rings (SSSR count). The van der Waals surface area contributed by atoms with Crippen molar-refractivity contribution in [2.24, 2.45) is 0 Å². The van der Waals surface area contributed by atoms with Crippen LogP contribution in [-0.4, -0.2) is 26.5 Å². The first-order valence-corrected chi connectivity index (χ1v) is 5.25. The Balaban J connectivity index is 2.05. The third-order valence-corrected chi connectivity index (χ3v) is 6.08. The van der Waals surface area contributed by atoms with Crippen molar-refractivity contribution in [2.45, 2.75) is 9.97 Å². The van der Waals surface area contributed by atoms with Gasteiger partial charge in [-0.2, -0.15) is 0 Å². The molecule has 0 aromatic rings. The normalized spacial score (nSPS) is 58.1. The summed E-state index contributed by atoms with van der Waals surface area (Å²) in [6.45, 7) is 1.43. The number of halogens is 1. The summed E-state index contributed by atoms with van der Waals surface area (Å²) in [6.07, 6.45) is 1.52. The van der Waals surface area contributed by atoms with Gasteiger partial charge >= 0.3 is 54.1 Å². The zero-order valence-corrected chi connectivity index (χ0v) is 6.60. The Bertz CT molecular complexity index is 92.7. The summed E-state index contributed by atoms with van der Waals surface area (Å²) in [5.41, 5.74) is 0. The van der Waals surface area contributed by atoms with Crippen LogP contribution < -0.4 is 21.2 Å². The van der Waals surface area contributed by atoms with E-state index in [9.17, 15) is 0 Å². The van der Waals surface area contributed by atoms with Crippen molar-refractivity contribution in [3.8, 4) is 0 Å². The molecule has 0 N–H and O–H groups in total. The van der Waals surface area contributed by atoms with Crippen molar-refractivity contribution in [2.75, 3.05) is 18.0 Å². The van der Waals surface area contributed by atoms with Gasteiger partial charge in [-0.25, -0.2) is 0 Å². The van der Waals surface area contributed by atoms with E-state index in [2.05, 4.69) is 11.9 Å². The summed E-state index contributed by atoms with van der Waals surface area (Å²) in [5.74, 6) is 0. The van der Waals surface area contributed by atoms with E-state index in [0.29, 0.717) is 21.2 Å². The molecule has 2 aliphatic rings. The van der Waals surface area contributed by atoms with E-state index in [0.717, 1.165) is 3.55 Å². The number of nitrogens with zero attached hydrogens (tertiary/aromatic N) is 1. The predicted molar refractivity (Wildman–Crippen MR) is 24.8 cm³/mol. The minimum atomic E-state index is 0.642. The molecule has 2 heterocycles. The van der Waals surface area contributed by atoms with Crippen LogP contribution in [0.5, 0.6) is 0 Å². The third-order valence-electron chi connectivity index (χ3n) is 1.88. The number of rotatable bonds is 0. The molecule has 2 atom stereocenters. The molecule has 0 amide bonds. The first-order chi connectivity index (χ1) is 3.33. The Hall–Kier alpha value is 0.690. The van der Waals surface area contributed by atoms with Crippen LogP contribution in [0.4, 0.5) is 0 Å². The van der Waals surface area contributed by atoms with E-state index in [4.69, 9.17) is 0 Å². The molecule has 0 aliphatic carbocycles. The number of hydrogen-bond acceptors (Lipinski definition) is 1. The van der Waals surface area contributed by atoms with Crippen LogP contribution in [0.3, 0.4) is 0 Å². The van der Waals surface area contributed by atoms with Crippen LogP contribution >= 0.6 is 0 Å². The summed E-state index contributed by atoms with van der Waals surface area (Å²) < 4.78 is 2.46. The van der Waals surface area contributed by atoms with Crippen LogP contribution in [0.1, 0.15) is 6.42 Å². The molecule has 0 bridgehead atoms. The molecule has 0 aromatic carbocycles. The van der Waals surface area contributed by atoms with Gasteiger partial charge in [-0.3, -0.25) is 0 Å². The number of likely N-dealkylation sites (N-methyl/N-ethyl adjacent to an activating group) is 1. The standard InChI is InChI=1S/C5H9IN/c1-7-4-5(7)2-3-6-5/h2-4H2,1H3/q-1. The van der Waals surface area contributed by atoms with Crippen LogP contribution in [0.25, 0.3) is 0 Å². The average Bonchev–Trinajstić information content (AvgIpc) is 2.10. The molecule has 7 heavy (non-hydrogen) atoms. The number of alkyl halides is 2. The summed E-state index contributed by atoms with van der Waals surface area (Å²) in [5, 5.41) is 0.